The highest BCUT2D eigenvalue weighted by Crippen LogP contribution is 2.07. The maximum absolute atomic E-state index is 11.4. The average Bonchev–Trinajstić information content (AvgIpc) is 2.36. The second-order valence-electron chi connectivity index (χ2n) is 3.16. The summed E-state index contributed by atoms with van der Waals surface area (Å²) in [6, 6.07) is 5.94. The number of aliphatic hydroxyl groups is 1. The Labute approximate surface area is 99.0 Å². The van der Waals surface area contributed by atoms with Crippen LogP contribution in [-0.4, -0.2) is 36.9 Å². The molecule has 0 saturated heterocycles. The maximum Gasteiger partial charge on any atom is 0.338 e. The summed E-state index contributed by atoms with van der Waals surface area (Å²) in [5, 5.41) is 8.50. The SMILES string of the molecule is CCOC(=O)c1ccc(C(=O)OCCO)cc1. The third-order valence-electron chi connectivity index (χ3n) is 1.96. The number of carbonyl (C=O) groups excluding carboxylic acids is 2. The predicted octanol–water partition coefficient (Wildman–Crippen LogP) is 1.01. The van der Waals surface area contributed by atoms with E-state index in [1.54, 1.807) is 6.92 Å². The second kappa shape index (κ2) is 6.65. The first-order valence-electron chi connectivity index (χ1n) is 5.24. The van der Waals surface area contributed by atoms with Crippen molar-refractivity contribution in [3.05, 3.63) is 35.4 Å². The second-order valence-corrected chi connectivity index (χ2v) is 3.16. The molecule has 0 heterocycles. The Morgan fingerprint density at radius 3 is 1.94 bits per heavy atom. The Morgan fingerprint density at radius 2 is 1.53 bits per heavy atom. The molecular weight excluding hydrogens is 224 g/mol. The molecule has 17 heavy (non-hydrogen) atoms. The van der Waals surface area contributed by atoms with Crippen LogP contribution in [0.5, 0.6) is 0 Å². The van der Waals surface area contributed by atoms with Gasteiger partial charge in [-0.2, -0.15) is 0 Å². The van der Waals surface area contributed by atoms with Gasteiger partial charge in [0.25, 0.3) is 0 Å². The summed E-state index contributed by atoms with van der Waals surface area (Å²) in [4.78, 5) is 22.7. The molecule has 1 N–H and O–H groups in total. The van der Waals surface area contributed by atoms with Crippen molar-refractivity contribution in [3.63, 3.8) is 0 Å². The Kier molecular flexibility index (Phi) is 5.16. The predicted molar refractivity (Wildman–Crippen MR) is 59.8 cm³/mol. The topological polar surface area (TPSA) is 72.8 Å². The van der Waals surface area contributed by atoms with Crippen LogP contribution in [0.25, 0.3) is 0 Å². The molecule has 0 radical (unpaired) electrons. The monoisotopic (exact) mass is 238 g/mol. The molecule has 1 aromatic carbocycles. The number of hydrogen-bond donors (Lipinski definition) is 1. The molecule has 0 saturated carbocycles. The molecule has 0 fully saturated rings. The van der Waals surface area contributed by atoms with Gasteiger partial charge in [-0.05, 0) is 31.2 Å². The molecule has 0 aromatic heterocycles. The van der Waals surface area contributed by atoms with E-state index in [0.717, 1.165) is 0 Å². The van der Waals surface area contributed by atoms with Gasteiger partial charge in [-0.3, -0.25) is 0 Å². The molecule has 0 amide bonds. The van der Waals surface area contributed by atoms with E-state index >= 15 is 0 Å². The number of hydrogen-bond acceptors (Lipinski definition) is 5. The molecule has 0 atom stereocenters. The van der Waals surface area contributed by atoms with Gasteiger partial charge in [0.05, 0.1) is 24.3 Å². The van der Waals surface area contributed by atoms with Gasteiger partial charge in [0.2, 0.25) is 0 Å². The smallest absolute Gasteiger partial charge is 0.338 e. The van der Waals surface area contributed by atoms with Crippen molar-refractivity contribution in [2.75, 3.05) is 19.8 Å². The lowest BCUT2D eigenvalue weighted by molar-refractivity contribution is 0.0432. The number of ether oxygens (including phenoxy) is 2. The zero-order valence-electron chi connectivity index (χ0n) is 9.51. The van der Waals surface area contributed by atoms with Gasteiger partial charge < -0.3 is 14.6 Å². The van der Waals surface area contributed by atoms with E-state index in [4.69, 9.17) is 14.6 Å². The van der Waals surface area contributed by atoms with Crippen LogP contribution in [0.4, 0.5) is 0 Å². The summed E-state index contributed by atoms with van der Waals surface area (Å²) in [5.74, 6) is -0.961. The summed E-state index contributed by atoms with van der Waals surface area (Å²) in [7, 11) is 0. The van der Waals surface area contributed by atoms with E-state index in [2.05, 4.69) is 0 Å². The highest BCUT2D eigenvalue weighted by Gasteiger charge is 2.09. The fourth-order valence-electron chi connectivity index (χ4n) is 1.18. The van der Waals surface area contributed by atoms with Crippen molar-refractivity contribution in [1.29, 1.82) is 0 Å². The third-order valence-corrected chi connectivity index (χ3v) is 1.96. The number of carbonyl (C=O) groups is 2. The van der Waals surface area contributed by atoms with Crippen LogP contribution in [-0.2, 0) is 9.47 Å². The normalized spacial score (nSPS) is 9.76. The largest absolute Gasteiger partial charge is 0.462 e. The van der Waals surface area contributed by atoms with E-state index in [9.17, 15) is 9.59 Å². The number of benzene rings is 1. The third kappa shape index (κ3) is 3.88. The van der Waals surface area contributed by atoms with Crippen molar-refractivity contribution >= 4 is 11.9 Å². The lowest BCUT2D eigenvalue weighted by Gasteiger charge is -2.04. The zero-order valence-corrected chi connectivity index (χ0v) is 9.51. The summed E-state index contributed by atoms with van der Waals surface area (Å²) in [6.07, 6.45) is 0. The van der Waals surface area contributed by atoms with Gasteiger partial charge in [-0.1, -0.05) is 0 Å². The van der Waals surface area contributed by atoms with Crippen LogP contribution in [0.2, 0.25) is 0 Å². The van der Waals surface area contributed by atoms with Crippen molar-refractivity contribution in [3.8, 4) is 0 Å². The average molecular weight is 238 g/mol. The van der Waals surface area contributed by atoms with Gasteiger partial charge >= 0.3 is 11.9 Å². The van der Waals surface area contributed by atoms with Crippen LogP contribution in [0, 0.1) is 0 Å². The molecule has 1 aromatic rings. The summed E-state index contributed by atoms with van der Waals surface area (Å²) < 4.78 is 9.52. The fraction of sp³-hybridized carbons (Fsp3) is 0.333. The van der Waals surface area contributed by atoms with Gasteiger partial charge in [-0.25, -0.2) is 9.59 Å². The molecule has 0 aliphatic rings. The molecule has 0 aliphatic carbocycles. The Balaban J connectivity index is 2.67. The van der Waals surface area contributed by atoms with E-state index < -0.39 is 11.9 Å². The van der Waals surface area contributed by atoms with Gasteiger partial charge in [-0.15, -0.1) is 0 Å². The van der Waals surface area contributed by atoms with E-state index in [0.29, 0.717) is 17.7 Å². The lowest BCUT2D eigenvalue weighted by atomic mass is 10.1. The minimum Gasteiger partial charge on any atom is -0.462 e. The van der Waals surface area contributed by atoms with Crippen LogP contribution in [0.15, 0.2) is 24.3 Å². The van der Waals surface area contributed by atoms with Crippen molar-refractivity contribution in [2.24, 2.45) is 0 Å². The first kappa shape index (κ1) is 13.2. The Bertz CT molecular complexity index is 382. The standard InChI is InChI=1S/C12H14O5/c1-2-16-11(14)9-3-5-10(6-4-9)12(15)17-8-7-13/h3-6,13H,2,7-8H2,1H3. The molecule has 0 aliphatic heterocycles. The van der Waals surface area contributed by atoms with Gasteiger partial charge in [0, 0.05) is 0 Å². The Morgan fingerprint density at radius 1 is 1.06 bits per heavy atom. The zero-order chi connectivity index (χ0) is 12.7. The van der Waals surface area contributed by atoms with Gasteiger partial charge in [0.1, 0.15) is 6.61 Å². The molecule has 0 unspecified atom stereocenters. The minimum absolute atomic E-state index is 0.0432. The van der Waals surface area contributed by atoms with Crippen LogP contribution in [0.1, 0.15) is 27.6 Å². The lowest BCUT2D eigenvalue weighted by Crippen LogP contribution is -2.09. The van der Waals surface area contributed by atoms with Crippen LogP contribution in [0.3, 0.4) is 0 Å². The molecule has 92 valence electrons. The number of aliphatic hydroxyl groups excluding tert-OH is 1. The summed E-state index contributed by atoms with van der Waals surface area (Å²) in [5.41, 5.74) is 0.706. The summed E-state index contributed by atoms with van der Waals surface area (Å²) in [6.45, 7) is 1.77. The molecule has 5 heteroatoms. The summed E-state index contributed by atoms with van der Waals surface area (Å²) >= 11 is 0. The molecule has 1 rings (SSSR count). The van der Waals surface area contributed by atoms with E-state index in [1.807, 2.05) is 0 Å². The fourth-order valence-corrected chi connectivity index (χ4v) is 1.18. The minimum atomic E-state index is -0.533. The number of esters is 2. The molecular formula is C12H14O5. The molecule has 5 nitrogen and oxygen atoms in total. The first-order chi connectivity index (χ1) is 8.19. The van der Waals surface area contributed by atoms with Gasteiger partial charge in [0.15, 0.2) is 0 Å². The van der Waals surface area contributed by atoms with Crippen LogP contribution >= 0.6 is 0 Å². The molecule has 0 bridgehead atoms. The van der Waals surface area contributed by atoms with Crippen LogP contribution < -0.4 is 0 Å². The van der Waals surface area contributed by atoms with E-state index in [-0.39, 0.29) is 13.2 Å². The maximum atomic E-state index is 11.4. The van der Waals surface area contributed by atoms with Crippen molar-refractivity contribution in [2.45, 2.75) is 6.92 Å². The van der Waals surface area contributed by atoms with Crippen molar-refractivity contribution in [1.82, 2.24) is 0 Å². The van der Waals surface area contributed by atoms with Crippen molar-refractivity contribution < 1.29 is 24.2 Å². The highest BCUT2D eigenvalue weighted by atomic mass is 16.5. The number of rotatable bonds is 5. The quantitative estimate of drug-likeness (QED) is 0.775. The first-order valence-corrected chi connectivity index (χ1v) is 5.24. The van der Waals surface area contributed by atoms with E-state index in [1.165, 1.54) is 24.3 Å². The highest BCUT2D eigenvalue weighted by molar-refractivity contribution is 5.93. The molecule has 0 spiro atoms. The Hall–Kier alpha value is -1.88.